The number of fused-ring (bicyclic) bond motifs is 1. The van der Waals surface area contributed by atoms with E-state index in [1.807, 2.05) is 0 Å². The number of likely N-dealkylation sites (N-methyl/N-ethyl adjacent to an activating group) is 1. The van der Waals surface area contributed by atoms with Gasteiger partial charge in [-0.25, -0.2) is 9.18 Å². The van der Waals surface area contributed by atoms with Gasteiger partial charge in [-0.1, -0.05) is 6.92 Å². The van der Waals surface area contributed by atoms with Crippen LogP contribution < -0.4 is 5.32 Å². The second-order valence-electron chi connectivity index (χ2n) is 6.42. The van der Waals surface area contributed by atoms with E-state index < -0.39 is 5.97 Å². The second kappa shape index (κ2) is 9.54. The predicted octanol–water partition coefficient (Wildman–Crippen LogP) is 4.17. The van der Waals surface area contributed by atoms with E-state index in [4.69, 9.17) is 4.74 Å². The van der Waals surface area contributed by atoms with Gasteiger partial charge in [0.15, 0.2) is 0 Å². The van der Waals surface area contributed by atoms with Crippen LogP contribution in [0.15, 0.2) is 29.2 Å². The molecule has 0 radical (unpaired) electrons. The molecule has 1 amide bonds. The fraction of sp³-hybridized carbons (Fsp3) is 0.400. The van der Waals surface area contributed by atoms with E-state index in [1.54, 1.807) is 12.1 Å². The third-order valence-electron chi connectivity index (χ3n) is 4.64. The Kier molecular flexibility index (Phi) is 7.09. The second-order valence-corrected chi connectivity index (χ2v) is 8.69. The minimum absolute atomic E-state index is 0.147. The van der Waals surface area contributed by atoms with Crippen molar-refractivity contribution < 1.29 is 18.7 Å². The number of halogens is 1. The molecule has 1 N–H and O–H groups in total. The van der Waals surface area contributed by atoms with Crippen LogP contribution in [0.3, 0.4) is 0 Å². The summed E-state index contributed by atoms with van der Waals surface area (Å²) in [7, 11) is 1.36. The normalized spacial score (nSPS) is 13.8. The third kappa shape index (κ3) is 4.92. The summed E-state index contributed by atoms with van der Waals surface area (Å²) in [4.78, 5) is 29.1. The van der Waals surface area contributed by atoms with Gasteiger partial charge < -0.3 is 10.1 Å². The largest absolute Gasteiger partial charge is 0.465 e. The molecule has 2 aromatic rings. The van der Waals surface area contributed by atoms with Crippen LogP contribution >= 0.6 is 23.1 Å². The maximum atomic E-state index is 12.9. The summed E-state index contributed by atoms with van der Waals surface area (Å²) in [6.07, 6.45) is 1.08. The first-order valence-corrected chi connectivity index (χ1v) is 11.0. The first-order valence-electron chi connectivity index (χ1n) is 9.15. The summed E-state index contributed by atoms with van der Waals surface area (Å²) in [5.74, 6) is -0.260. The van der Waals surface area contributed by atoms with Gasteiger partial charge in [0.05, 0.1) is 12.7 Å². The maximum absolute atomic E-state index is 12.9. The minimum Gasteiger partial charge on any atom is -0.465 e. The Morgan fingerprint density at radius 3 is 2.75 bits per heavy atom. The van der Waals surface area contributed by atoms with Crippen molar-refractivity contribution >= 4 is 40.0 Å². The van der Waals surface area contributed by atoms with Gasteiger partial charge in [0, 0.05) is 35.0 Å². The summed E-state index contributed by atoms with van der Waals surface area (Å²) < 4.78 is 17.9. The number of amides is 1. The molecule has 0 saturated carbocycles. The number of esters is 1. The molecule has 150 valence electrons. The number of thiophene rings is 1. The molecule has 5 nitrogen and oxygen atoms in total. The lowest BCUT2D eigenvalue weighted by Crippen LogP contribution is -2.29. The molecule has 3 rings (SSSR count). The average Bonchev–Trinajstić information content (AvgIpc) is 3.05. The van der Waals surface area contributed by atoms with Gasteiger partial charge in [-0.2, -0.15) is 0 Å². The standard InChI is InChI=1S/C20H23FN2O3S2/c1-3-23-10-8-15-16(12-23)28-19(18(15)20(25)26-2)22-17(24)9-11-27-14-6-4-13(21)5-7-14/h4-7H,3,8-12H2,1-2H3,(H,22,24). The van der Waals surface area contributed by atoms with Crippen molar-refractivity contribution in [2.75, 3.05) is 31.3 Å². The first-order chi connectivity index (χ1) is 13.5. The fourth-order valence-electron chi connectivity index (χ4n) is 3.11. The van der Waals surface area contributed by atoms with Crippen LogP contribution in [0.4, 0.5) is 9.39 Å². The average molecular weight is 423 g/mol. The molecule has 1 aliphatic heterocycles. The van der Waals surface area contributed by atoms with Gasteiger partial charge in [-0.15, -0.1) is 23.1 Å². The molecule has 1 aromatic heterocycles. The van der Waals surface area contributed by atoms with Crippen molar-refractivity contribution in [1.29, 1.82) is 0 Å². The Bertz CT molecular complexity index is 852. The fourth-order valence-corrected chi connectivity index (χ4v) is 5.26. The molecule has 0 atom stereocenters. The van der Waals surface area contributed by atoms with Crippen molar-refractivity contribution in [2.24, 2.45) is 0 Å². The number of carbonyl (C=O) groups is 2. The van der Waals surface area contributed by atoms with Gasteiger partial charge in [-0.05, 0) is 42.8 Å². The Morgan fingerprint density at radius 2 is 2.07 bits per heavy atom. The van der Waals surface area contributed by atoms with E-state index in [1.165, 1.54) is 42.3 Å². The van der Waals surface area contributed by atoms with E-state index in [0.29, 0.717) is 22.7 Å². The van der Waals surface area contributed by atoms with E-state index in [9.17, 15) is 14.0 Å². The van der Waals surface area contributed by atoms with Crippen LogP contribution in [0, 0.1) is 5.82 Å². The zero-order valence-electron chi connectivity index (χ0n) is 15.9. The van der Waals surface area contributed by atoms with Crippen molar-refractivity contribution in [3.63, 3.8) is 0 Å². The molecule has 28 heavy (non-hydrogen) atoms. The van der Waals surface area contributed by atoms with E-state index >= 15 is 0 Å². The van der Waals surface area contributed by atoms with Crippen LogP contribution in [0.2, 0.25) is 0 Å². The lowest BCUT2D eigenvalue weighted by molar-refractivity contribution is -0.115. The summed E-state index contributed by atoms with van der Waals surface area (Å²) in [6, 6.07) is 6.20. The number of rotatable bonds is 7. The molecule has 1 aromatic carbocycles. The first kappa shape index (κ1) is 20.8. The molecule has 1 aliphatic rings. The zero-order valence-corrected chi connectivity index (χ0v) is 17.6. The molecule has 0 fully saturated rings. The van der Waals surface area contributed by atoms with Crippen LogP contribution in [-0.4, -0.2) is 42.7 Å². The highest BCUT2D eigenvalue weighted by Gasteiger charge is 2.28. The number of benzene rings is 1. The lowest BCUT2D eigenvalue weighted by Gasteiger charge is -2.25. The highest BCUT2D eigenvalue weighted by molar-refractivity contribution is 7.99. The third-order valence-corrected chi connectivity index (χ3v) is 6.78. The van der Waals surface area contributed by atoms with Gasteiger partial charge >= 0.3 is 5.97 Å². The number of ether oxygens (including phenoxy) is 1. The van der Waals surface area contributed by atoms with Crippen molar-refractivity contribution in [1.82, 2.24) is 4.90 Å². The van der Waals surface area contributed by atoms with Gasteiger partial charge in [0.25, 0.3) is 0 Å². The minimum atomic E-state index is -0.404. The quantitative estimate of drug-likeness (QED) is 0.536. The van der Waals surface area contributed by atoms with Gasteiger partial charge in [-0.3, -0.25) is 9.69 Å². The molecular formula is C20H23FN2O3S2. The van der Waals surface area contributed by atoms with E-state index in [2.05, 4.69) is 17.1 Å². The molecule has 0 unspecified atom stereocenters. The summed E-state index contributed by atoms with van der Waals surface area (Å²) in [5.41, 5.74) is 1.50. The summed E-state index contributed by atoms with van der Waals surface area (Å²) >= 11 is 2.95. The van der Waals surface area contributed by atoms with Crippen LogP contribution in [0.1, 0.15) is 34.1 Å². The summed E-state index contributed by atoms with van der Waals surface area (Å²) in [6.45, 7) is 4.75. The van der Waals surface area contributed by atoms with Crippen molar-refractivity contribution in [2.45, 2.75) is 31.2 Å². The Hall–Kier alpha value is -1.90. The maximum Gasteiger partial charge on any atom is 0.341 e. The Morgan fingerprint density at radius 1 is 1.32 bits per heavy atom. The number of anilines is 1. The van der Waals surface area contributed by atoms with Gasteiger partial charge in [0.1, 0.15) is 10.8 Å². The van der Waals surface area contributed by atoms with Crippen LogP contribution in [-0.2, 0) is 22.5 Å². The number of nitrogens with zero attached hydrogens (tertiary/aromatic N) is 1. The lowest BCUT2D eigenvalue weighted by atomic mass is 10.0. The number of thioether (sulfide) groups is 1. The van der Waals surface area contributed by atoms with Crippen molar-refractivity contribution in [3.8, 4) is 0 Å². The van der Waals surface area contributed by atoms with Crippen LogP contribution in [0.25, 0.3) is 0 Å². The molecule has 0 bridgehead atoms. The number of carbonyl (C=O) groups excluding carboxylic acids is 2. The number of hydrogen-bond donors (Lipinski definition) is 1. The van der Waals surface area contributed by atoms with E-state index in [0.717, 1.165) is 41.4 Å². The van der Waals surface area contributed by atoms with Crippen molar-refractivity contribution in [3.05, 3.63) is 46.1 Å². The SMILES string of the molecule is CCN1CCc2c(sc(NC(=O)CCSc3ccc(F)cc3)c2C(=O)OC)C1. The van der Waals surface area contributed by atoms with Crippen LogP contribution in [0.5, 0.6) is 0 Å². The number of methoxy groups -OCH3 is 1. The summed E-state index contributed by atoms with van der Waals surface area (Å²) in [5, 5.41) is 3.47. The predicted molar refractivity (Wildman–Crippen MR) is 111 cm³/mol. The number of hydrogen-bond acceptors (Lipinski definition) is 6. The Balaban J connectivity index is 1.65. The molecule has 0 spiro atoms. The van der Waals surface area contributed by atoms with Gasteiger partial charge in [0.2, 0.25) is 5.91 Å². The van der Waals surface area contributed by atoms with E-state index in [-0.39, 0.29) is 11.7 Å². The highest BCUT2D eigenvalue weighted by atomic mass is 32.2. The highest BCUT2D eigenvalue weighted by Crippen LogP contribution is 2.37. The molecular weight excluding hydrogens is 399 g/mol. The molecule has 2 heterocycles. The molecule has 8 heteroatoms. The molecule has 0 aliphatic carbocycles. The zero-order chi connectivity index (χ0) is 20.1. The number of nitrogens with one attached hydrogen (secondary N) is 1. The smallest absolute Gasteiger partial charge is 0.341 e. The monoisotopic (exact) mass is 422 g/mol. The Labute approximate surface area is 172 Å². The molecule has 0 saturated heterocycles. The topological polar surface area (TPSA) is 58.6 Å².